The smallest absolute Gasteiger partial charge is 0.257 e. The number of fused-ring (bicyclic) bond motifs is 1. The second kappa shape index (κ2) is 9.51. The maximum atomic E-state index is 12.2. The van der Waals surface area contributed by atoms with E-state index in [1.54, 1.807) is 24.3 Å². The van der Waals surface area contributed by atoms with Crippen molar-refractivity contribution in [2.24, 2.45) is 0 Å². The lowest BCUT2D eigenvalue weighted by Crippen LogP contribution is -2.46. The maximum absolute atomic E-state index is 12.2. The number of carbonyl (C=O) groups is 2. The van der Waals surface area contributed by atoms with Gasteiger partial charge in [0, 0.05) is 31.2 Å². The van der Waals surface area contributed by atoms with Crippen LogP contribution in [0.25, 0.3) is 0 Å². The number of carbonyl (C=O) groups excluding carboxylic acids is 2. The fourth-order valence-electron chi connectivity index (χ4n) is 3.60. The molecule has 0 spiro atoms. The van der Waals surface area contributed by atoms with E-state index in [9.17, 15) is 9.59 Å². The summed E-state index contributed by atoms with van der Waals surface area (Å²) >= 11 is 0. The van der Waals surface area contributed by atoms with Crippen LogP contribution in [0.15, 0.2) is 48.5 Å². The van der Waals surface area contributed by atoms with Crippen LogP contribution in [0.1, 0.15) is 41.8 Å². The van der Waals surface area contributed by atoms with Gasteiger partial charge in [0.25, 0.3) is 5.91 Å². The highest BCUT2D eigenvalue weighted by atomic mass is 16.5. The monoisotopic (exact) mass is 380 g/mol. The molecule has 3 rings (SSSR count). The van der Waals surface area contributed by atoms with Crippen molar-refractivity contribution in [2.45, 2.75) is 39.3 Å². The van der Waals surface area contributed by atoms with Gasteiger partial charge < -0.3 is 10.1 Å². The van der Waals surface area contributed by atoms with Crippen molar-refractivity contribution >= 4 is 11.7 Å². The second-order valence-electron chi connectivity index (χ2n) is 7.23. The Morgan fingerprint density at radius 3 is 2.68 bits per heavy atom. The van der Waals surface area contributed by atoms with Gasteiger partial charge in [-0.1, -0.05) is 43.3 Å². The van der Waals surface area contributed by atoms with Crippen LogP contribution < -0.4 is 10.1 Å². The van der Waals surface area contributed by atoms with E-state index in [0.717, 1.165) is 25.9 Å². The molecule has 5 nitrogen and oxygen atoms in total. The predicted molar refractivity (Wildman–Crippen MR) is 110 cm³/mol. The Balaban J connectivity index is 1.48. The number of ketones is 1. The minimum absolute atomic E-state index is 0.0243. The number of amides is 1. The summed E-state index contributed by atoms with van der Waals surface area (Å²) in [6.45, 7) is 6.16. The summed E-state index contributed by atoms with van der Waals surface area (Å²) < 4.78 is 5.54. The highest BCUT2D eigenvalue weighted by Gasteiger charge is 2.22. The zero-order valence-electron chi connectivity index (χ0n) is 16.6. The molecular weight excluding hydrogens is 352 g/mol. The lowest BCUT2D eigenvalue weighted by atomic mass is 9.98. The molecule has 28 heavy (non-hydrogen) atoms. The number of hydrogen-bond acceptors (Lipinski definition) is 4. The van der Waals surface area contributed by atoms with Crippen molar-refractivity contribution in [1.29, 1.82) is 0 Å². The number of hydrogen-bond donors (Lipinski definition) is 1. The molecule has 5 heteroatoms. The van der Waals surface area contributed by atoms with Crippen molar-refractivity contribution in [3.05, 3.63) is 65.2 Å². The molecule has 0 fully saturated rings. The van der Waals surface area contributed by atoms with Gasteiger partial charge in [0.15, 0.2) is 12.4 Å². The lowest BCUT2D eigenvalue weighted by molar-refractivity contribution is -0.123. The molecule has 1 aliphatic rings. The third-order valence-electron chi connectivity index (χ3n) is 5.29. The van der Waals surface area contributed by atoms with Crippen LogP contribution in [0.3, 0.4) is 0 Å². The van der Waals surface area contributed by atoms with E-state index >= 15 is 0 Å². The third kappa shape index (κ3) is 5.20. The first kappa shape index (κ1) is 20.1. The van der Waals surface area contributed by atoms with Gasteiger partial charge in [-0.05, 0) is 43.0 Å². The van der Waals surface area contributed by atoms with Gasteiger partial charge in [0.1, 0.15) is 5.75 Å². The van der Waals surface area contributed by atoms with Crippen molar-refractivity contribution in [3.8, 4) is 5.75 Å². The minimum Gasteiger partial charge on any atom is -0.484 e. The number of rotatable bonds is 8. The van der Waals surface area contributed by atoms with Crippen LogP contribution in [0.2, 0.25) is 0 Å². The molecule has 148 valence electrons. The van der Waals surface area contributed by atoms with E-state index in [2.05, 4.69) is 41.4 Å². The molecule has 2 aromatic carbocycles. The fraction of sp³-hybridized carbons (Fsp3) is 0.391. The molecule has 0 aromatic heterocycles. The van der Waals surface area contributed by atoms with Crippen LogP contribution in [0, 0.1) is 0 Å². The van der Waals surface area contributed by atoms with Gasteiger partial charge in [-0.3, -0.25) is 14.5 Å². The van der Waals surface area contributed by atoms with Crippen LogP contribution in [-0.2, 0) is 17.8 Å². The predicted octanol–water partition coefficient (Wildman–Crippen LogP) is 3.22. The molecular formula is C23H28N2O3. The topological polar surface area (TPSA) is 58.6 Å². The number of benzene rings is 2. The zero-order valence-corrected chi connectivity index (χ0v) is 16.6. The standard InChI is InChI=1S/C23H28N2O3/c1-3-21(25-12-11-18-7-4-5-8-20(18)15-25)14-24-23(27)16-28-22-10-6-9-19(13-22)17(2)26/h4-10,13,21H,3,11-12,14-16H2,1-2H3,(H,24,27)/t21-/m0/s1. The van der Waals surface area contributed by atoms with Crippen LogP contribution >= 0.6 is 0 Å². The Hall–Kier alpha value is -2.66. The molecule has 1 amide bonds. The first-order valence-electron chi connectivity index (χ1n) is 9.88. The summed E-state index contributed by atoms with van der Waals surface area (Å²) in [4.78, 5) is 26.1. The summed E-state index contributed by atoms with van der Waals surface area (Å²) in [5.41, 5.74) is 3.39. The molecule has 0 aliphatic carbocycles. The molecule has 0 saturated carbocycles. The molecule has 0 unspecified atom stereocenters. The number of nitrogens with one attached hydrogen (secondary N) is 1. The van der Waals surface area contributed by atoms with E-state index in [-0.39, 0.29) is 18.3 Å². The molecule has 0 radical (unpaired) electrons. The normalized spacial score (nSPS) is 14.8. The third-order valence-corrected chi connectivity index (χ3v) is 5.29. The van der Waals surface area contributed by atoms with E-state index in [1.165, 1.54) is 18.1 Å². The Bertz CT molecular complexity index is 834. The highest BCUT2D eigenvalue weighted by molar-refractivity contribution is 5.94. The van der Waals surface area contributed by atoms with Gasteiger partial charge in [0.2, 0.25) is 0 Å². The SMILES string of the molecule is CC[C@@H](CNC(=O)COc1cccc(C(C)=O)c1)N1CCc2ccccc2C1. The Morgan fingerprint density at radius 1 is 1.14 bits per heavy atom. The maximum Gasteiger partial charge on any atom is 0.257 e. The average Bonchev–Trinajstić information content (AvgIpc) is 2.72. The number of ether oxygens (including phenoxy) is 1. The summed E-state index contributed by atoms with van der Waals surface area (Å²) in [5.74, 6) is 0.357. The molecule has 2 aromatic rings. The van der Waals surface area contributed by atoms with Crippen molar-refractivity contribution < 1.29 is 14.3 Å². The molecule has 0 saturated heterocycles. The lowest BCUT2D eigenvalue weighted by Gasteiger charge is -2.35. The Morgan fingerprint density at radius 2 is 1.93 bits per heavy atom. The molecule has 1 N–H and O–H groups in total. The summed E-state index contributed by atoms with van der Waals surface area (Å²) in [6, 6.07) is 15.8. The zero-order chi connectivity index (χ0) is 19.9. The average molecular weight is 380 g/mol. The number of Topliss-reactive ketones (excluding diaryl/α,β-unsaturated/α-hetero) is 1. The first-order chi connectivity index (χ1) is 13.6. The van der Waals surface area contributed by atoms with E-state index in [0.29, 0.717) is 23.9 Å². The van der Waals surface area contributed by atoms with Gasteiger partial charge in [-0.2, -0.15) is 0 Å². The molecule has 1 atom stereocenters. The van der Waals surface area contributed by atoms with E-state index < -0.39 is 0 Å². The Labute approximate surface area is 166 Å². The summed E-state index contributed by atoms with van der Waals surface area (Å²) in [5, 5.41) is 2.99. The Kier molecular flexibility index (Phi) is 6.82. The molecule has 0 bridgehead atoms. The molecule has 1 aliphatic heterocycles. The summed E-state index contributed by atoms with van der Waals surface area (Å²) in [6.07, 6.45) is 2.03. The van der Waals surface area contributed by atoms with Gasteiger partial charge >= 0.3 is 0 Å². The van der Waals surface area contributed by atoms with Crippen molar-refractivity contribution in [2.75, 3.05) is 19.7 Å². The van der Waals surface area contributed by atoms with Crippen LogP contribution in [0.5, 0.6) is 5.75 Å². The highest BCUT2D eigenvalue weighted by Crippen LogP contribution is 2.21. The molecule has 1 heterocycles. The largest absolute Gasteiger partial charge is 0.484 e. The number of nitrogens with zero attached hydrogens (tertiary/aromatic N) is 1. The van der Waals surface area contributed by atoms with E-state index in [1.807, 2.05) is 0 Å². The second-order valence-corrected chi connectivity index (χ2v) is 7.23. The van der Waals surface area contributed by atoms with Gasteiger partial charge in [0.05, 0.1) is 0 Å². The minimum atomic E-state index is -0.149. The first-order valence-corrected chi connectivity index (χ1v) is 9.88. The van der Waals surface area contributed by atoms with Crippen molar-refractivity contribution in [3.63, 3.8) is 0 Å². The van der Waals surface area contributed by atoms with Gasteiger partial charge in [-0.15, -0.1) is 0 Å². The van der Waals surface area contributed by atoms with Gasteiger partial charge in [-0.25, -0.2) is 0 Å². The fourth-order valence-corrected chi connectivity index (χ4v) is 3.60. The van der Waals surface area contributed by atoms with Crippen LogP contribution in [0.4, 0.5) is 0 Å². The summed E-state index contributed by atoms with van der Waals surface area (Å²) in [7, 11) is 0. The van der Waals surface area contributed by atoms with Crippen molar-refractivity contribution in [1.82, 2.24) is 10.2 Å². The van der Waals surface area contributed by atoms with E-state index in [4.69, 9.17) is 4.74 Å². The van der Waals surface area contributed by atoms with Crippen LogP contribution in [-0.4, -0.2) is 42.3 Å². The quantitative estimate of drug-likeness (QED) is 0.715.